The first kappa shape index (κ1) is 25.2. The topological polar surface area (TPSA) is 110 Å². The summed E-state index contributed by atoms with van der Waals surface area (Å²) in [5, 5.41) is 2.39. The number of ether oxygens (including phenoxy) is 1. The summed E-state index contributed by atoms with van der Waals surface area (Å²) in [5.41, 5.74) is 0.396. The van der Waals surface area contributed by atoms with E-state index in [1.54, 1.807) is 38.1 Å². The van der Waals surface area contributed by atoms with Gasteiger partial charge in [-0.25, -0.2) is 4.79 Å². The first-order valence-corrected chi connectivity index (χ1v) is 11.7. The van der Waals surface area contributed by atoms with Gasteiger partial charge in [-0.1, -0.05) is 55.9 Å². The molecule has 3 amide bonds. The number of rotatable bonds is 9. The van der Waals surface area contributed by atoms with E-state index >= 15 is 0 Å². The molecule has 3 rings (SSSR count). The van der Waals surface area contributed by atoms with Crippen LogP contribution in [0.4, 0.5) is 0 Å². The molecule has 1 aliphatic rings. The third-order valence-electron chi connectivity index (χ3n) is 5.46. The lowest BCUT2D eigenvalue weighted by Crippen LogP contribution is -2.54. The maximum absolute atomic E-state index is 13.3. The number of amides is 3. The Kier molecular flexibility index (Phi) is 8.22. The fourth-order valence-electron chi connectivity index (χ4n) is 3.67. The molecule has 1 heterocycles. The van der Waals surface area contributed by atoms with E-state index in [9.17, 15) is 24.0 Å². The molecule has 1 aliphatic heterocycles. The van der Waals surface area contributed by atoms with Gasteiger partial charge in [-0.2, -0.15) is 0 Å². The Morgan fingerprint density at radius 3 is 2.03 bits per heavy atom. The number of imide groups is 1. The van der Waals surface area contributed by atoms with Gasteiger partial charge in [0.05, 0.1) is 18.2 Å². The number of benzene rings is 2. The number of nitrogens with zero attached hydrogens (tertiary/aromatic N) is 1. The van der Waals surface area contributed by atoms with Crippen LogP contribution in [-0.4, -0.2) is 52.9 Å². The monoisotopic (exact) mass is 482 g/mol. The summed E-state index contributed by atoms with van der Waals surface area (Å²) in [4.78, 5) is 65.8. The van der Waals surface area contributed by atoms with Gasteiger partial charge < -0.3 is 10.1 Å². The van der Waals surface area contributed by atoms with Crippen LogP contribution < -0.4 is 5.32 Å². The normalized spacial score (nSPS) is 14.5. The SMILES string of the molecule is COC(=O)[C@@H](NC(=O)C(CCC(=O)Sc1ccccc1)N1C(=O)c2ccccc2C1=O)C(C)C. The molecule has 0 radical (unpaired) electrons. The lowest BCUT2D eigenvalue weighted by atomic mass is 10.0. The van der Waals surface area contributed by atoms with Crippen molar-refractivity contribution in [1.29, 1.82) is 0 Å². The van der Waals surface area contributed by atoms with Crippen molar-refractivity contribution in [2.45, 2.75) is 43.7 Å². The number of carbonyl (C=O) groups excluding carboxylic acids is 5. The summed E-state index contributed by atoms with van der Waals surface area (Å²) in [5.74, 6) is -2.85. The van der Waals surface area contributed by atoms with Crippen LogP contribution in [0.5, 0.6) is 0 Å². The third kappa shape index (κ3) is 5.53. The summed E-state index contributed by atoms with van der Waals surface area (Å²) >= 11 is 1.02. The molecule has 178 valence electrons. The van der Waals surface area contributed by atoms with E-state index in [1.807, 2.05) is 18.2 Å². The molecule has 9 heteroatoms. The predicted molar refractivity (Wildman–Crippen MR) is 126 cm³/mol. The van der Waals surface area contributed by atoms with Crippen molar-refractivity contribution in [3.8, 4) is 0 Å². The molecule has 2 aromatic rings. The Hall–Kier alpha value is -3.46. The Bertz CT molecular complexity index is 1070. The molecule has 0 aromatic heterocycles. The quantitative estimate of drug-likeness (QED) is 0.332. The van der Waals surface area contributed by atoms with Crippen molar-refractivity contribution in [2.75, 3.05) is 7.11 Å². The number of fused-ring (bicyclic) bond motifs is 1. The fourth-order valence-corrected chi connectivity index (χ4v) is 4.44. The molecule has 1 unspecified atom stereocenters. The molecule has 0 fully saturated rings. The van der Waals surface area contributed by atoms with Crippen molar-refractivity contribution < 1.29 is 28.7 Å². The first-order chi connectivity index (χ1) is 16.2. The zero-order chi connectivity index (χ0) is 24.8. The van der Waals surface area contributed by atoms with Crippen LogP contribution in [0.2, 0.25) is 0 Å². The Morgan fingerprint density at radius 1 is 0.941 bits per heavy atom. The van der Waals surface area contributed by atoms with Crippen LogP contribution in [0.3, 0.4) is 0 Å². The highest BCUT2D eigenvalue weighted by molar-refractivity contribution is 8.13. The van der Waals surface area contributed by atoms with Gasteiger partial charge in [-0.3, -0.25) is 24.1 Å². The van der Waals surface area contributed by atoms with Gasteiger partial charge in [-0.15, -0.1) is 0 Å². The van der Waals surface area contributed by atoms with Gasteiger partial charge in [0.1, 0.15) is 12.1 Å². The smallest absolute Gasteiger partial charge is 0.328 e. The predicted octanol–water partition coefficient (Wildman–Crippen LogP) is 3.06. The minimum Gasteiger partial charge on any atom is -0.467 e. The fraction of sp³-hybridized carbons (Fsp3) is 0.320. The molecule has 2 aromatic carbocycles. The average Bonchev–Trinajstić information content (AvgIpc) is 3.08. The molecule has 0 bridgehead atoms. The van der Waals surface area contributed by atoms with Crippen LogP contribution in [0, 0.1) is 5.92 Å². The minimum absolute atomic E-state index is 0.0599. The number of carbonyl (C=O) groups is 5. The Labute approximate surface area is 202 Å². The summed E-state index contributed by atoms with van der Waals surface area (Å²) in [6.07, 6.45) is -0.141. The number of hydrogen-bond donors (Lipinski definition) is 1. The summed E-state index contributed by atoms with van der Waals surface area (Å²) in [7, 11) is 1.21. The van der Waals surface area contributed by atoms with E-state index in [-0.39, 0.29) is 35.0 Å². The van der Waals surface area contributed by atoms with Crippen molar-refractivity contribution >= 4 is 40.6 Å². The van der Waals surface area contributed by atoms with Crippen LogP contribution in [0.15, 0.2) is 59.5 Å². The highest BCUT2D eigenvalue weighted by Gasteiger charge is 2.43. The molecule has 0 aliphatic carbocycles. The Balaban J connectivity index is 1.83. The van der Waals surface area contributed by atoms with Gasteiger partial charge in [-0.05, 0) is 36.6 Å². The molecular formula is C25H26N2O6S. The van der Waals surface area contributed by atoms with E-state index in [2.05, 4.69) is 5.32 Å². The highest BCUT2D eigenvalue weighted by Crippen LogP contribution is 2.28. The molecule has 1 N–H and O–H groups in total. The van der Waals surface area contributed by atoms with Gasteiger partial charge in [0.15, 0.2) is 5.12 Å². The standard InChI is InChI=1S/C25H26N2O6S/c1-15(2)21(25(32)33-3)26-22(29)19(13-14-20(28)34-16-9-5-4-6-10-16)27-23(30)17-11-7-8-12-18(17)24(27)31/h4-12,15,19,21H,13-14H2,1-3H3,(H,26,29)/t19?,21-/m0/s1. The summed E-state index contributed by atoms with van der Waals surface area (Å²) in [6, 6.07) is 13.1. The minimum atomic E-state index is -1.27. The molecule has 0 saturated heterocycles. The second-order valence-electron chi connectivity index (χ2n) is 8.12. The van der Waals surface area contributed by atoms with Crippen LogP contribution in [0.25, 0.3) is 0 Å². The maximum atomic E-state index is 13.3. The Morgan fingerprint density at radius 2 is 1.50 bits per heavy atom. The number of thioether (sulfide) groups is 1. The van der Waals surface area contributed by atoms with E-state index < -0.39 is 35.8 Å². The molecule has 0 spiro atoms. The second-order valence-corrected chi connectivity index (χ2v) is 9.25. The number of hydrogen-bond acceptors (Lipinski definition) is 7. The maximum Gasteiger partial charge on any atom is 0.328 e. The summed E-state index contributed by atoms with van der Waals surface area (Å²) < 4.78 is 4.78. The van der Waals surface area contributed by atoms with Crippen molar-refractivity contribution in [1.82, 2.24) is 10.2 Å². The molecule has 34 heavy (non-hydrogen) atoms. The van der Waals surface area contributed by atoms with Crippen molar-refractivity contribution in [3.05, 3.63) is 65.7 Å². The first-order valence-electron chi connectivity index (χ1n) is 10.9. The van der Waals surface area contributed by atoms with Gasteiger partial charge in [0, 0.05) is 11.3 Å². The highest BCUT2D eigenvalue weighted by atomic mass is 32.2. The van der Waals surface area contributed by atoms with E-state index in [4.69, 9.17) is 4.74 Å². The van der Waals surface area contributed by atoms with Gasteiger partial charge in [0.2, 0.25) is 5.91 Å². The van der Waals surface area contributed by atoms with Crippen LogP contribution in [0.1, 0.15) is 47.4 Å². The van der Waals surface area contributed by atoms with Crippen molar-refractivity contribution in [3.63, 3.8) is 0 Å². The zero-order valence-electron chi connectivity index (χ0n) is 19.1. The lowest BCUT2D eigenvalue weighted by Gasteiger charge is -2.28. The summed E-state index contributed by atoms with van der Waals surface area (Å²) in [6.45, 7) is 3.47. The number of methoxy groups -OCH3 is 1. The van der Waals surface area contributed by atoms with Crippen molar-refractivity contribution in [2.24, 2.45) is 5.92 Å². The molecule has 0 saturated carbocycles. The zero-order valence-corrected chi connectivity index (χ0v) is 20.0. The largest absolute Gasteiger partial charge is 0.467 e. The molecular weight excluding hydrogens is 456 g/mol. The third-order valence-corrected chi connectivity index (χ3v) is 6.40. The lowest BCUT2D eigenvalue weighted by molar-refractivity contribution is -0.146. The van der Waals surface area contributed by atoms with E-state index in [0.29, 0.717) is 0 Å². The van der Waals surface area contributed by atoms with Crippen LogP contribution in [-0.2, 0) is 19.1 Å². The van der Waals surface area contributed by atoms with E-state index in [1.165, 1.54) is 19.2 Å². The number of nitrogens with one attached hydrogen (secondary N) is 1. The van der Waals surface area contributed by atoms with Gasteiger partial charge in [0.25, 0.3) is 11.8 Å². The molecule has 2 atom stereocenters. The number of esters is 1. The second kappa shape index (κ2) is 11.1. The molecule has 8 nitrogen and oxygen atoms in total. The van der Waals surface area contributed by atoms with E-state index in [0.717, 1.165) is 21.6 Å². The average molecular weight is 483 g/mol. The van der Waals surface area contributed by atoms with Crippen LogP contribution >= 0.6 is 11.8 Å². The van der Waals surface area contributed by atoms with Gasteiger partial charge >= 0.3 is 5.97 Å².